The molecule has 0 aromatic carbocycles. The lowest BCUT2D eigenvalue weighted by Gasteiger charge is -2.28. The topological polar surface area (TPSA) is 24.1 Å². The molecule has 1 aliphatic carbocycles. The summed E-state index contributed by atoms with van der Waals surface area (Å²) in [4.78, 5) is 1.56. The molecule has 1 aromatic rings. The van der Waals surface area contributed by atoms with Gasteiger partial charge in [0.25, 0.3) is 0 Å². The molecule has 3 rings (SSSR count). The zero-order valence-electron chi connectivity index (χ0n) is 11.7. The Morgan fingerprint density at radius 2 is 2.00 bits per heavy atom. The van der Waals surface area contributed by atoms with E-state index in [0.717, 1.165) is 11.8 Å². The van der Waals surface area contributed by atoms with Crippen LogP contribution in [0.25, 0.3) is 0 Å². The fourth-order valence-corrected chi connectivity index (χ4v) is 4.53. The number of rotatable bonds is 5. The second kappa shape index (κ2) is 6.87. The quantitative estimate of drug-likeness (QED) is 0.860. The van der Waals surface area contributed by atoms with Crippen LogP contribution in [0.15, 0.2) is 17.5 Å². The normalized spacial score (nSPS) is 23.8. The summed E-state index contributed by atoms with van der Waals surface area (Å²) >= 11 is 1.93. The molecule has 2 aliphatic rings. The Morgan fingerprint density at radius 3 is 2.68 bits per heavy atom. The van der Waals surface area contributed by atoms with E-state index >= 15 is 0 Å². The van der Waals surface area contributed by atoms with Crippen LogP contribution in [0.3, 0.4) is 0 Å². The molecule has 0 radical (unpaired) electrons. The van der Waals surface area contributed by atoms with Crippen molar-refractivity contribution in [3.63, 3.8) is 0 Å². The highest BCUT2D eigenvalue weighted by Crippen LogP contribution is 2.37. The van der Waals surface area contributed by atoms with E-state index in [-0.39, 0.29) is 0 Å². The van der Waals surface area contributed by atoms with Gasteiger partial charge in [0.2, 0.25) is 0 Å². The fraction of sp³-hybridized carbons (Fsp3) is 0.750. The van der Waals surface area contributed by atoms with Gasteiger partial charge in [0.15, 0.2) is 0 Å². The highest BCUT2D eigenvalue weighted by Gasteiger charge is 2.27. The molecule has 1 saturated heterocycles. The van der Waals surface area contributed by atoms with Crippen LogP contribution in [0.2, 0.25) is 0 Å². The minimum Gasteiger partial charge on any atom is -0.317 e. The third-order valence-corrected chi connectivity index (χ3v) is 5.76. The zero-order valence-corrected chi connectivity index (χ0v) is 12.6. The maximum Gasteiger partial charge on any atom is 0.0443 e. The lowest BCUT2D eigenvalue weighted by molar-refractivity contribution is 0.305. The summed E-state index contributed by atoms with van der Waals surface area (Å²) in [6, 6.07) is 5.15. The summed E-state index contributed by atoms with van der Waals surface area (Å²) < 4.78 is 0. The summed E-state index contributed by atoms with van der Waals surface area (Å²) in [6.45, 7) is 3.62. The van der Waals surface area contributed by atoms with Gasteiger partial charge in [-0.2, -0.15) is 0 Å². The van der Waals surface area contributed by atoms with E-state index in [2.05, 4.69) is 28.1 Å². The minimum atomic E-state index is 0.623. The van der Waals surface area contributed by atoms with Crippen LogP contribution in [0.1, 0.15) is 49.4 Å². The molecule has 3 heteroatoms. The first-order valence-corrected chi connectivity index (χ1v) is 8.79. The van der Waals surface area contributed by atoms with Crippen molar-refractivity contribution in [2.45, 2.75) is 44.6 Å². The monoisotopic (exact) mass is 278 g/mol. The lowest BCUT2D eigenvalue weighted by Crippen LogP contribution is -2.36. The first-order chi connectivity index (χ1) is 9.43. The van der Waals surface area contributed by atoms with Gasteiger partial charge in [0.1, 0.15) is 0 Å². The van der Waals surface area contributed by atoms with Gasteiger partial charge in [-0.25, -0.2) is 0 Å². The molecule has 2 N–H and O–H groups in total. The average Bonchev–Trinajstić information content (AvgIpc) is 3.13. The van der Waals surface area contributed by atoms with Gasteiger partial charge in [-0.15, -0.1) is 11.3 Å². The minimum absolute atomic E-state index is 0.623. The Bertz CT molecular complexity index is 351. The summed E-state index contributed by atoms with van der Waals surface area (Å²) in [6.07, 6.45) is 8.39. The molecule has 1 aliphatic heterocycles. The lowest BCUT2D eigenvalue weighted by atomic mass is 9.94. The van der Waals surface area contributed by atoms with Crippen LogP contribution in [0.5, 0.6) is 0 Å². The Morgan fingerprint density at radius 1 is 1.21 bits per heavy atom. The molecule has 0 spiro atoms. The highest BCUT2D eigenvalue weighted by molar-refractivity contribution is 7.10. The summed E-state index contributed by atoms with van der Waals surface area (Å²) in [5, 5.41) is 9.60. The Balaban J connectivity index is 1.58. The largest absolute Gasteiger partial charge is 0.317 e. The first kappa shape index (κ1) is 13.6. The number of nitrogens with one attached hydrogen (secondary N) is 2. The molecule has 2 fully saturated rings. The van der Waals surface area contributed by atoms with Gasteiger partial charge in [-0.3, -0.25) is 0 Å². The van der Waals surface area contributed by atoms with E-state index in [1.807, 2.05) is 11.3 Å². The van der Waals surface area contributed by atoms with Crippen molar-refractivity contribution in [3.05, 3.63) is 22.4 Å². The molecule has 0 amide bonds. The SMILES string of the molecule is c1csc(C(NCC2CCNCC2)C2CCCC2)c1. The average molecular weight is 278 g/mol. The maximum atomic E-state index is 3.92. The van der Waals surface area contributed by atoms with Crippen LogP contribution in [0, 0.1) is 11.8 Å². The Kier molecular flexibility index (Phi) is 4.91. The molecule has 106 valence electrons. The highest BCUT2D eigenvalue weighted by atomic mass is 32.1. The third kappa shape index (κ3) is 3.59. The van der Waals surface area contributed by atoms with E-state index in [1.54, 1.807) is 4.88 Å². The predicted octanol–water partition coefficient (Wildman–Crippen LogP) is 3.57. The van der Waals surface area contributed by atoms with Gasteiger partial charge in [0, 0.05) is 10.9 Å². The van der Waals surface area contributed by atoms with Gasteiger partial charge in [0.05, 0.1) is 0 Å². The molecular weight excluding hydrogens is 252 g/mol. The van der Waals surface area contributed by atoms with E-state index in [1.165, 1.54) is 58.2 Å². The van der Waals surface area contributed by atoms with E-state index in [0.29, 0.717) is 6.04 Å². The molecular formula is C16H26N2S. The number of piperidine rings is 1. The molecule has 1 aromatic heterocycles. The Labute approximate surface area is 121 Å². The van der Waals surface area contributed by atoms with Crippen LogP contribution in [-0.4, -0.2) is 19.6 Å². The van der Waals surface area contributed by atoms with E-state index in [9.17, 15) is 0 Å². The second-order valence-electron chi connectivity index (χ2n) is 6.14. The summed E-state index contributed by atoms with van der Waals surface area (Å²) in [5.41, 5.74) is 0. The smallest absolute Gasteiger partial charge is 0.0443 e. The third-order valence-electron chi connectivity index (χ3n) is 4.81. The standard InChI is InChI=1S/C16H26N2S/c1-2-5-14(4-1)16(15-6-3-11-19-15)18-12-13-7-9-17-10-8-13/h3,6,11,13-14,16-18H,1-2,4-5,7-10,12H2. The Hall–Kier alpha value is -0.380. The molecule has 2 nitrogen and oxygen atoms in total. The molecule has 1 atom stereocenters. The van der Waals surface area contributed by atoms with Crippen LogP contribution < -0.4 is 10.6 Å². The number of thiophene rings is 1. The predicted molar refractivity (Wildman–Crippen MR) is 82.6 cm³/mol. The van der Waals surface area contributed by atoms with E-state index < -0.39 is 0 Å². The summed E-state index contributed by atoms with van der Waals surface area (Å²) in [5.74, 6) is 1.76. The molecule has 0 bridgehead atoms. The van der Waals surface area contributed by atoms with Crippen molar-refractivity contribution in [3.8, 4) is 0 Å². The van der Waals surface area contributed by atoms with Crippen molar-refractivity contribution in [1.29, 1.82) is 0 Å². The molecule has 1 unspecified atom stereocenters. The van der Waals surface area contributed by atoms with Crippen molar-refractivity contribution in [2.75, 3.05) is 19.6 Å². The van der Waals surface area contributed by atoms with Crippen LogP contribution in [-0.2, 0) is 0 Å². The first-order valence-electron chi connectivity index (χ1n) is 7.91. The second-order valence-corrected chi connectivity index (χ2v) is 7.12. The van der Waals surface area contributed by atoms with Crippen molar-refractivity contribution in [1.82, 2.24) is 10.6 Å². The number of hydrogen-bond donors (Lipinski definition) is 2. The van der Waals surface area contributed by atoms with Crippen molar-refractivity contribution in [2.24, 2.45) is 11.8 Å². The van der Waals surface area contributed by atoms with E-state index in [4.69, 9.17) is 0 Å². The van der Waals surface area contributed by atoms with Crippen LogP contribution >= 0.6 is 11.3 Å². The van der Waals surface area contributed by atoms with Gasteiger partial charge < -0.3 is 10.6 Å². The molecule has 19 heavy (non-hydrogen) atoms. The maximum absolute atomic E-state index is 3.92. The number of hydrogen-bond acceptors (Lipinski definition) is 3. The fourth-order valence-electron chi connectivity index (χ4n) is 3.64. The molecule has 1 saturated carbocycles. The van der Waals surface area contributed by atoms with Crippen molar-refractivity contribution < 1.29 is 0 Å². The van der Waals surface area contributed by atoms with Crippen molar-refractivity contribution >= 4 is 11.3 Å². The molecule has 2 heterocycles. The van der Waals surface area contributed by atoms with Gasteiger partial charge >= 0.3 is 0 Å². The van der Waals surface area contributed by atoms with Gasteiger partial charge in [-0.1, -0.05) is 18.9 Å². The summed E-state index contributed by atoms with van der Waals surface area (Å²) in [7, 11) is 0. The van der Waals surface area contributed by atoms with Crippen LogP contribution in [0.4, 0.5) is 0 Å². The van der Waals surface area contributed by atoms with Gasteiger partial charge in [-0.05, 0) is 68.6 Å². The zero-order chi connectivity index (χ0) is 12.9.